The largest absolute Gasteiger partial charge is 0.372 e. The first-order valence-electron chi connectivity index (χ1n) is 18.8. The summed E-state index contributed by atoms with van der Waals surface area (Å²) in [5, 5.41) is 2.49. The Balaban J connectivity index is 1.02. The first-order chi connectivity index (χ1) is 27.6. The molecule has 0 aliphatic heterocycles. The zero-order chi connectivity index (χ0) is 37.8. The molecule has 0 fully saturated rings. The van der Waals surface area contributed by atoms with E-state index in [0.29, 0.717) is 13.2 Å². The lowest BCUT2D eigenvalue weighted by Gasteiger charge is -2.26. The Morgan fingerprint density at radius 3 is 1.57 bits per heavy atom. The fraction of sp³-hybridized carbons (Fsp3) is 0.0385. The highest BCUT2D eigenvalue weighted by molar-refractivity contribution is 9.10. The maximum Gasteiger partial charge on any atom is 0.0721 e. The highest BCUT2D eigenvalue weighted by Gasteiger charge is 2.16. The summed E-state index contributed by atoms with van der Waals surface area (Å²) < 4.78 is 9.53. The van der Waals surface area contributed by atoms with Crippen molar-refractivity contribution >= 4 is 60.9 Å². The molecule has 0 aliphatic carbocycles. The maximum absolute atomic E-state index is 6.10. The fourth-order valence-corrected chi connectivity index (χ4v) is 7.75. The van der Waals surface area contributed by atoms with Crippen molar-refractivity contribution in [3.05, 3.63) is 222 Å². The molecule has 4 heteroatoms. The molecule has 0 spiro atoms. The zero-order valence-corrected chi connectivity index (χ0v) is 32.4. The monoisotopic (exact) mass is 786 g/mol. The van der Waals surface area contributed by atoms with Gasteiger partial charge in [-0.2, -0.15) is 0 Å². The minimum Gasteiger partial charge on any atom is -0.372 e. The average molecular weight is 788 g/mol. The normalized spacial score (nSPS) is 11.2. The second kappa shape index (κ2) is 15.7. The number of rotatable bonds is 11. The van der Waals surface area contributed by atoms with E-state index in [1.165, 1.54) is 44.1 Å². The van der Waals surface area contributed by atoms with Gasteiger partial charge in [0.25, 0.3) is 0 Å². The van der Waals surface area contributed by atoms with E-state index in [2.05, 4.69) is 226 Å². The van der Waals surface area contributed by atoms with Crippen LogP contribution in [0.1, 0.15) is 16.7 Å². The molecular weight excluding hydrogens is 748 g/mol. The first kappa shape index (κ1) is 35.3. The molecule has 9 aromatic rings. The van der Waals surface area contributed by atoms with Gasteiger partial charge in [0, 0.05) is 38.0 Å². The molecule has 0 aliphatic rings. The molecule has 8 aromatic carbocycles. The Morgan fingerprint density at radius 1 is 0.482 bits per heavy atom. The van der Waals surface area contributed by atoms with Crippen LogP contribution in [-0.4, -0.2) is 4.57 Å². The Kier molecular flexibility index (Phi) is 9.90. The van der Waals surface area contributed by atoms with E-state index in [4.69, 9.17) is 4.74 Å². The van der Waals surface area contributed by atoms with Crippen molar-refractivity contribution in [2.45, 2.75) is 13.2 Å². The summed E-state index contributed by atoms with van der Waals surface area (Å²) in [5.74, 6) is 0. The van der Waals surface area contributed by atoms with Crippen LogP contribution >= 0.6 is 15.9 Å². The van der Waals surface area contributed by atoms with Gasteiger partial charge in [-0.1, -0.05) is 144 Å². The Morgan fingerprint density at radius 2 is 0.964 bits per heavy atom. The zero-order valence-electron chi connectivity index (χ0n) is 30.9. The first-order valence-corrected chi connectivity index (χ1v) is 19.6. The third kappa shape index (κ3) is 7.21. The topological polar surface area (TPSA) is 17.4 Å². The van der Waals surface area contributed by atoms with Crippen LogP contribution in [-0.2, 0) is 18.0 Å². The van der Waals surface area contributed by atoms with Crippen LogP contribution < -0.4 is 4.90 Å². The van der Waals surface area contributed by atoms with E-state index >= 15 is 0 Å². The van der Waals surface area contributed by atoms with E-state index in [1.54, 1.807) is 0 Å². The molecule has 0 amide bonds. The average Bonchev–Trinajstić information content (AvgIpc) is 3.59. The van der Waals surface area contributed by atoms with Crippen molar-refractivity contribution in [2.24, 2.45) is 0 Å². The Labute approximate surface area is 336 Å². The lowest BCUT2D eigenvalue weighted by Crippen LogP contribution is -2.10. The summed E-state index contributed by atoms with van der Waals surface area (Å²) in [7, 11) is 0. The third-order valence-corrected chi connectivity index (χ3v) is 10.9. The Bertz CT molecular complexity index is 2750. The van der Waals surface area contributed by atoms with E-state index in [1.807, 2.05) is 6.08 Å². The smallest absolute Gasteiger partial charge is 0.0721 e. The van der Waals surface area contributed by atoms with Gasteiger partial charge in [0.2, 0.25) is 0 Å². The van der Waals surface area contributed by atoms with Crippen molar-refractivity contribution in [3.8, 4) is 27.9 Å². The van der Waals surface area contributed by atoms with Crippen molar-refractivity contribution in [2.75, 3.05) is 4.90 Å². The number of nitrogens with zero attached hydrogens (tertiary/aromatic N) is 2. The number of ether oxygens (including phenoxy) is 1. The molecule has 0 saturated carbocycles. The summed E-state index contributed by atoms with van der Waals surface area (Å²) in [4.78, 5) is 2.32. The Hall–Kier alpha value is -6.46. The molecular formula is C52H39BrN2O. The molecule has 270 valence electrons. The molecule has 0 radical (unpaired) electrons. The molecule has 9 rings (SSSR count). The predicted octanol–water partition coefficient (Wildman–Crippen LogP) is 14.7. The SMILES string of the molecule is C=Cc1ccc(COCc2ccc(N(c3ccc(-c4ccc(Br)cc4)cc3)c3ccc(-c4ccc5c(c4)c4ccccc4n5-c4ccccc4)cc3)cc2)cc1. The van der Waals surface area contributed by atoms with Gasteiger partial charge in [-0.15, -0.1) is 0 Å². The highest BCUT2D eigenvalue weighted by atomic mass is 79.9. The molecule has 0 N–H and O–H groups in total. The van der Waals surface area contributed by atoms with Crippen molar-refractivity contribution in [3.63, 3.8) is 0 Å². The van der Waals surface area contributed by atoms with Crippen LogP contribution in [0.3, 0.4) is 0 Å². The number of anilines is 3. The molecule has 0 bridgehead atoms. The van der Waals surface area contributed by atoms with Crippen molar-refractivity contribution < 1.29 is 4.74 Å². The number of fused-ring (bicyclic) bond motifs is 3. The molecule has 1 aromatic heterocycles. The number of benzene rings is 8. The lowest BCUT2D eigenvalue weighted by atomic mass is 10.0. The van der Waals surface area contributed by atoms with Gasteiger partial charge >= 0.3 is 0 Å². The molecule has 1 heterocycles. The molecule has 3 nitrogen and oxygen atoms in total. The minimum absolute atomic E-state index is 0.536. The van der Waals surface area contributed by atoms with Crippen molar-refractivity contribution in [1.29, 1.82) is 0 Å². The fourth-order valence-electron chi connectivity index (χ4n) is 7.48. The number of hydrogen-bond donors (Lipinski definition) is 0. The lowest BCUT2D eigenvalue weighted by molar-refractivity contribution is 0.107. The van der Waals surface area contributed by atoms with Gasteiger partial charge in [-0.05, 0) is 118 Å². The quantitative estimate of drug-likeness (QED) is 0.130. The molecule has 0 unspecified atom stereocenters. The van der Waals surface area contributed by atoms with E-state index < -0.39 is 0 Å². The number of hydrogen-bond acceptors (Lipinski definition) is 2. The van der Waals surface area contributed by atoms with Gasteiger partial charge in [0.1, 0.15) is 0 Å². The van der Waals surface area contributed by atoms with Crippen LogP contribution in [0.15, 0.2) is 205 Å². The standard InChI is InChI=1S/C52H39BrN2O/c1-2-37-12-14-38(15-13-37)35-56-36-39-16-27-46(28-17-39)54(47-29-20-41(21-30-47)40-18-25-44(53)26-19-40)48-31-22-42(23-32-48)43-24-33-52-50(34-43)49-10-6-7-11-51(49)55(52)45-8-4-3-5-9-45/h2-34H,1,35-36H2. The molecule has 0 saturated heterocycles. The summed E-state index contributed by atoms with van der Waals surface area (Å²) in [6.45, 7) is 4.94. The van der Waals surface area contributed by atoms with E-state index in [9.17, 15) is 0 Å². The van der Waals surface area contributed by atoms with Crippen LogP contribution in [0.5, 0.6) is 0 Å². The summed E-state index contributed by atoms with van der Waals surface area (Å²) in [6, 6.07) is 69.3. The van der Waals surface area contributed by atoms with Gasteiger partial charge in [0.15, 0.2) is 0 Å². The van der Waals surface area contributed by atoms with Crippen molar-refractivity contribution in [1.82, 2.24) is 4.57 Å². The maximum atomic E-state index is 6.10. The predicted molar refractivity (Wildman–Crippen MR) is 239 cm³/mol. The van der Waals surface area contributed by atoms with Gasteiger partial charge in [-0.3, -0.25) is 0 Å². The van der Waals surface area contributed by atoms with Crippen LogP contribution in [0.2, 0.25) is 0 Å². The van der Waals surface area contributed by atoms with Gasteiger partial charge in [0.05, 0.1) is 24.2 Å². The van der Waals surface area contributed by atoms with Gasteiger partial charge < -0.3 is 14.2 Å². The third-order valence-electron chi connectivity index (χ3n) is 10.4. The van der Waals surface area contributed by atoms with E-state index in [0.717, 1.165) is 43.9 Å². The van der Waals surface area contributed by atoms with E-state index in [-0.39, 0.29) is 0 Å². The minimum atomic E-state index is 0.536. The molecule has 0 atom stereocenters. The van der Waals surface area contributed by atoms with Gasteiger partial charge in [-0.25, -0.2) is 0 Å². The van der Waals surface area contributed by atoms with Crippen LogP contribution in [0.25, 0.3) is 55.8 Å². The summed E-state index contributed by atoms with van der Waals surface area (Å²) in [5.41, 5.74) is 14.9. The molecule has 56 heavy (non-hydrogen) atoms. The number of para-hydroxylation sites is 2. The summed E-state index contributed by atoms with van der Waals surface area (Å²) >= 11 is 3.57. The summed E-state index contributed by atoms with van der Waals surface area (Å²) in [6.07, 6.45) is 1.85. The number of halogens is 1. The second-order valence-corrected chi connectivity index (χ2v) is 14.9. The number of aromatic nitrogens is 1. The second-order valence-electron chi connectivity index (χ2n) is 14.0. The highest BCUT2D eigenvalue weighted by Crippen LogP contribution is 2.39. The van der Waals surface area contributed by atoms with Crippen LogP contribution in [0.4, 0.5) is 17.1 Å². The van der Waals surface area contributed by atoms with Crippen LogP contribution in [0, 0.1) is 0 Å².